The van der Waals surface area contributed by atoms with Crippen LogP contribution < -0.4 is 14.2 Å². The third-order valence-corrected chi connectivity index (χ3v) is 6.90. The summed E-state index contributed by atoms with van der Waals surface area (Å²) in [5.74, 6) is 2.48. The van der Waals surface area contributed by atoms with Gasteiger partial charge in [-0.15, -0.1) is 0 Å². The SMILES string of the molecule is COc1ccccc1CN1COc2c(cc3c(c2C)O/C(=C\c2ccc(-c4ccccc4)cc2)C3=O)C1. The van der Waals surface area contributed by atoms with Gasteiger partial charge in [0.25, 0.3) is 0 Å². The minimum Gasteiger partial charge on any atom is -0.496 e. The summed E-state index contributed by atoms with van der Waals surface area (Å²) in [6.07, 6.45) is 1.81. The zero-order valence-electron chi connectivity index (χ0n) is 20.9. The van der Waals surface area contributed by atoms with Gasteiger partial charge in [-0.2, -0.15) is 0 Å². The van der Waals surface area contributed by atoms with E-state index in [-0.39, 0.29) is 5.78 Å². The number of methoxy groups -OCH3 is 1. The topological polar surface area (TPSA) is 48.0 Å². The number of hydrogen-bond donors (Lipinski definition) is 0. The minimum atomic E-state index is -0.102. The fourth-order valence-electron chi connectivity index (χ4n) is 5.03. The van der Waals surface area contributed by atoms with E-state index in [1.807, 2.05) is 67.6 Å². The van der Waals surface area contributed by atoms with Gasteiger partial charge in [-0.1, -0.05) is 72.8 Å². The first-order valence-electron chi connectivity index (χ1n) is 12.3. The molecule has 0 bridgehead atoms. The quantitative estimate of drug-likeness (QED) is 0.294. The zero-order chi connectivity index (χ0) is 25.4. The van der Waals surface area contributed by atoms with E-state index in [0.717, 1.165) is 44.9 Å². The Morgan fingerprint density at radius 3 is 2.43 bits per heavy atom. The summed E-state index contributed by atoms with van der Waals surface area (Å²) in [4.78, 5) is 15.5. The molecular weight excluding hydrogens is 462 g/mol. The van der Waals surface area contributed by atoms with Crippen molar-refractivity contribution in [2.45, 2.75) is 20.0 Å². The van der Waals surface area contributed by atoms with E-state index in [2.05, 4.69) is 35.2 Å². The van der Waals surface area contributed by atoms with Crippen molar-refractivity contribution in [2.75, 3.05) is 13.8 Å². The second-order valence-corrected chi connectivity index (χ2v) is 9.37. The number of benzene rings is 4. The van der Waals surface area contributed by atoms with Crippen LogP contribution in [-0.4, -0.2) is 24.5 Å². The molecule has 37 heavy (non-hydrogen) atoms. The van der Waals surface area contributed by atoms with Crippen LogP contribution in [0.25, 0.3) is 17.2 Å². The number of fused-ring (bicyclic) bond motifs is 2. The lowest BCUT2D eigenvalue weighted by Crippen LogP contribution is -2.32. The number of allylic oxidation sites excluding steroid dienone is 1. The number of Topliss-reactive ketones (excluding diaryl/α,β-unsaturated/α-hetero) is 1. The molecule has 0 fully saturated rings. The van der Waals surface area contributed by atoms with Crippen LogP contribution in [0.2, 0.25) is 0 Å². The monoisotopic (exact) mass is 489 g/mol. The molecule has 5 nitrogen and oxygen atoms in total. The van der Waals surface area contributed by atoms with Gasteiger partial charge < -0.3 is 14.2 Å². The maximum absolute atomic E-state index is 13.3. The highest BCUT2D eigenvalue weighted by Gasteiger charge is 2.33. The zero-order valence-corrected chi connectivity index (χ0v) is 20.9. The lowest BCUT2D eigenvalue weighted by atomic mass is 9.99. The van der Waals surface area contributed by atoms with E-state index in [9.17, 15) is 4.79 Å². The number of ketones is 1. The number of nitrogens with zero attached hydrogens (tertiary/aromatic N) is 1. The van der Waals surface area contributed by atoms with Crippen molar-refractivity contribution in [1.82, 2.24) is 4.90 Å². The van der Waals surface area contributed by atoms with E-state index in [1.54, 1.807) is 7.11 Å². The predicted molar refractivity (Wildman–Crippen MR) is 144 cm³/mol. The second kappa shape index (κ2) is 9.60. The van der Waals surface area contributed by atoms with Crippen LogP contribution in [0.15, 0.2) is 90.7 Å². The molecule has 2 heterocycles. The number of ether oxygens (including phenoxy) is 3. The van der Waals surface area contributed by atoms with E-state index in [0.29, 0.717) is 36.9 Å². The lowest BCUT2D eigenvalue weighted by molar-refractivity contribution is 0.0869. The normalized spacial score (nSPS) is 15.6. The molecule has 0 aromatic heterocycles. The van der Waals surface area contributed by atoms with Crippen LogP contribution in [0.1, 0.15) is 32.6 Å². The Balaban J connectivity index is 1.23. The Kier molecular flexibility index (Phi) is 5.99. The largest absolute Gasteiger partial charge is 0.496 e. The Bertz CT molecular complexity index is 1510. The maximum atomic E-state index is 13.3. The number of carbonyl (C=O) groups excluding carboxylic acids is 1. The second-order valence-electron chi connectivity index (χ2n) is 9.37. The molecule has 184 valence electrons. The highest BCUT2D eigenvalue weighted by molar-refractivity contribution is 6.15. The Morgan fingerprint density at radius 2 is 1.65 bits per heavy atom. The predicted octanol–water partition coefficient (Wildman–Crippen LogP) is 6.64. The van der Waals surface area contributed by atoms with Crippen LogP contribution in [0.5, 0.6) is 17.2 Å². The summed E-state index contributed by atoms with van der Waals surface area (Å²) in [6, 6.07) is 28.3. The standard InChI is InChI=1S/C32H27NO4/c1-21-31-26(19-33(20-36-31)18-25-10-6-7-11-28(25)35-2)17-27-30(34)29(37-32(21)27)16-22-12-14-24(15-13-22)23-8-4-3-5-9-23/h3-17H,18-20H2,1-2H3/b29-16-. The van der Waals surface area contributed by atoms with Gasteiger partial charge in [0.05, 0.1) is 12.7 Å². The van der Waals surface area contributed by atoms with Gasteiger partial charge in [-0.05, 0) is 41.8 Å². The van der Waals surface area contributed by atoms with Gasteiger partial charge >= 0.3 is 0 Å². The number of carbonyl (C=O) groups is 1. The first-order chi connectivity index (χ1) is 18.1. The summed E-state index contributed by atoms with van der Waals surface area (Å²) in [6.45, 7) is 3.77. The Hall–Kier alpha value is -4.35. The number of hydrogen-bond acceptors (Lipinski definition) is 5. The van der Waals surface area contributed by atoms with Crippen molar-refractivity contribution >= 4 is 11.9 Å². The molecule has 0 amide bonds. The Labute approximate surface area is 216 Å². The first-order valence-corrected chi connectivity index (χ1v) is 12.3. The van der Waals surface area contributed by atoms with Crippen LogP contribution >= 0.6 is 0 Å². The molecule has 2 aliphatic rings. The first kappa shape index (κ1) is 23.1. The molecule has 0 atom stereocenters. The molecule has 5 heteroatoms. The average Bonchev–Trinajstić information content (AvgIpc) is 3.25. The molecular formula is C32H27NO4. The third kappa shape index (κ3) is 4.39. The van der Waals surface area contributed by atoms with Gasteiger partial charge in [-0.25, -0.2) is 0 Å². The van der Waals surface area contributed by atoms with Gasteiger partial charge in [0.15, 0.2) is 5.76 Å². The van der Waals surface area contributed by atoms with Crippen molar-refractivity contribution in [3.8, 4) is 28.4 Å². The van der Waals surface area contributed by atoms with Crippen LogP contribution in [0.4, 0.5) is 0 Å². The molecule has 0 N–H and O–H groups in total. The summed E-state index contributed by atoms with van der Waals surface area (Å²) in [7, 11) is 1.68. The van der Waals surface area contributed by atoms with E-state index >= 15 is 0 Å². The molecule has 6 rings (SSSR count). The lowest BCUT2D eigenvalue weighted by Gasteiger charge is -2.30. The summed E-state index contributed by atoms with van der Waals surface area (Å²) in [5, 5.41) is 0. The molecule has 0 spiro atoms. The number of rotatable bonds is 5. The van der Waals surface area contributed by atoms with Crippen LogP contribution in [-0.2, 0) is 13.1 Å². The molecule has 0 saturated heterocycles. The highest BCUT2D eigenvalue weighted by atomic mass is 16.5. The maximum Gasteiger partial charge on any atom is 0.231 e. The smallest absolute Gasteiger partial charge is 0.231 e. The highest BCUT2D eigenvalue weighted by Crippen LogP contribution is 2.43. The minimum absolute atomic E-state index is 0.102. The van der Waals surface area contributed by atoms with Crippen LogP contribution in [0, 0.1) is 6.92 Å². The van der Waals surface area contributed by atoms with E-state index in [4.69, 9.17) is 14.2 Å². The van der Waals surface area contributed by atoms with Crippen LogP contribution in [0.3, 0.4) is 0 Å². The Morgan fingerprint density at radius 1 is 0.919 bits per heavy atom. The third-order valence-electron chi connectivity index (χ3n) is 6.90. The summed E-state index contributed by atoms with van der Waals surface area (Å²) < 4.78 is 17.7. The molecule has 0 saturated carbocycles. The summed E-state index contributed by atoms with van der Waals surface area (Å²) >= 11 is 0. The summed E-state index contributed by atoms with van der Waals surface area (Å²) in [5.41, 5.74) is 6.73. The van der Waals surface area contributed by atoms with Crippen molar-refractivity contribution in [3.63, 3.8) is 0 Å². The average molecular weight is 490 g/mol. The van der Waals surface area contributed by atoms with Crippen molar-refractivity contribution in [3.05, 3.63) is 119 Å². The number of para-hydroxylation sites is 1. The molecule has 4 aromatic carbocycles. The van der Waals surface area contributed by atoms with Gasteiger partial charge in [0.1, 0.15) is 24.0 Å². The van der Waals surface area contributed by atoms with Crippen molar-refractivity contribution < 1.29 is 19.0 Å². The van der Waals surface area contributed by atoms with Gasteiger partial charge in [0, 0.05) is 29.8 Å². The molecule has 2 aliphatic heterocycles. The fourth-order valence-corrected chi connectivity index (χ4v) is 5.03. The van der Waals surface area contributed by atoms with E-state index < -0.39 is 0 Å². The molecule has 4 aromatic rings. The van der Waals surface area contributed by atoms with Crippen molar-refractivity contribution in [2.24, 2.45) is 0 Å². The molecule has 0 unspecified atom stereocenters. The molecule has 0 radical (unpaired) electrons. The van der Waals surface area contributed by atoms with Crippen molar-refractivity contribution in [1.29, 1.82) is 0 Å². The van der Waals surface area contributed by atoms with E-state index in [1.165, 1.54) is 0 Å². The fraction of sp³-hybridized carbons (Fsp3) is 0.156. The molecule has 0 aliphatic carbocycles. The van der Waals surface area contributed by atoms with Gasteiger partial charge in [0.2, 0.25) is 5.78 Å². The van der Waals surface area contributed by atoms with Gasteiger partial charge in [-0.3, -0.25) is 9.69 Å².